The summed E-state index contributed by atoms with van der Waals surface area (Å²) in [4.78, 5) is 19.7. The Hall–Kier alpha value is -2.98. The summed E-state index contributed by atoms with van der Waals surface area (Å²) in [6, 6.07) is 22.5. The Morgan fingerprint density at radius 1 is 1.07 bits per heavy atom. The first-order valence-electron chi connectivity index (χ1n) is 10.3. The quantitative estimate of drug-likeness (QED) is 0.679. The summed E-state index contributed by atoms with van der Waals surface area (Å²) >= 11 is 0. The highest BCUT2D eigenvalue weighted by Gasteiger charge is 2.26. The molecule has 0 unspecified atom stereocenters. The molecule has 0 bridgehead atoms. The number of pyridine rings is 1. The molecule has 1 aliphatic rings. The highest BCUT2D eigenvalue weighted by atomic mass is 16.1. The van der Waals surface area contributed by atoms with Crippen LogP contribution in [0.1, 0.15) is 24.1 Å². The van der Waals surface area contributed by atoms with Crippen molar-refractivity contribution in [2.75, 3.05) is 18.4 Å². The molecule has 29 heavy (non-hydrogen) atoms. The summed E-state index contributed by atoms with van der Waals surface area (Å²) in [6.07, 6.45) is 3.79. The van der Waals surface area contributed by atoms with Gasteiger partial charge in [0.25, 0.3) is 0 Å². The maximum absolute atomic E-state index is 12.9. The number of nitrogens with zero attached hydrogens (tertiary/aromatic N) is 2. The number of carbonyl (C=O) groups is 1. The fourth-order valence-corrected chi connectivity index (χ4v) is 3.98. The first kappa shape index (κ1) is 19.3. The molecule has 1 atom stereocenters. The van der Waals surface area contributed by atoms with Gasteiger partial charge in [-0.3, -0.25) is 14.7 Å². The van der Waals surface area contributed by atoms with Crippen molar-refractivity contribution < 1.29 is 4.79 Å². The van der Waals surface area contributed by atoms with Gasteiger partial charge in [-0.1, -0.05) is 48.0 Å². The number of likely N-dealkylation sites (tertiary alicyclic amines) is 1. The summed E-state index contributed by atoms with van der Waals surface area (Å²) < 4.78 is 0. The molecule has 1 aliphatic heterocycles. The Bertz CT molecular complexity index is 971. The van der Waals surface area contributed by atoms with Gasteiger partial charge in [0, 0.05) is 25.0 Å². The number of aryl methyl sites for hydroxylation is 1. The van der Waals surface area contributed by atoms with Crippen LogP contribution < -0.4 is 5.32 Å². The van der Waals surface area contributed by atoms with Crippen molar-refractivity contribution in [1.82, 2.24) is 9.88 Å². The third kappa shape index (κ3) is 5.09. The number of aromatic nitrogens is 1. The van der Waals surface area contributed by atoms with Gasteiger partial charge in [-0.2, -0.15) is 0 Å². The predicted octanol–water partition coefficient (Wildman–Crippen LogP) is 4.91. The zero-order chi connectivity index (χ0) is 20.1. The SMILES string of the molecule is Cc1cccc(-c2cccc(NC(=O)[C@@H]3CCCN(Cc4ccccn4)C3)c2)c1. The molecule has 0 spiro atoms. The molecule has 3 aromatic rings. The molecule has 1 amide bonds. The van der Waals surface area contributed by atoms with Gasteiger partial charge in [0.05, 0.1) is 11.6 Å². The highest BCUT2D eigenvalue weighted by Crippen LogP contribution is 2.25. The molecule has 1 saturated heterocycles. The molecule has 1 aromatic heterocycles. The number of nitrogens with one attached hydrogen (secondary N) is 1. The Balaban J connectivity index is 1.40. The number of piperidine rings is 1. The van der Waals surface area contributed by atoms with Crippen molar-refractivity contribution in [3.05, 3.63) is 84.2 Å². The minimum absolute atomic E-state index is 0.00934. The largest absolute Gasteiger partial charge is 0.326 e. The van der Waals surface area contributed by atoms with Gasteiger partial charge < -0.3 is 5.32 Å². The van der Waals surface area contributed by atoms with Crippen LogP contribution in [0.3, 0.4) is 0 Å². The van der Waals surface area contributed by atoms with Crippen molar-refractivity contribution in [3.8, 4) is 11.1 Å². The van der Waals surface area contributed by atoms with E-state index in [4.69, 9.17) is 0 Å². The van der Waals surface area contributed by atoms with Crippen LogP contribution in [0.5, 0.6) is 0 Å². The van der Waals surface area contributed by atoms with Crippen LogP contribution in [0.15, 0.2) is 72.9 Å². The standard InChI is InChI=1S/C25H27N3O/c1-19-7-4-8-20(15-19)21-9-5-12-23(16-21)27-25(29)22-10-6-14-28(17-22)18-24-11-2-3-13-26-24/h2-5,7-9,11-13,15-16,22H,6,10,14,17-18H2,1H3,(H,27,29)/t22-/m1/s1. The molecule has 4 heteroatoms. The number of anilines is 1. The lowest BCUT2D eigenvalue weighted by atomic mass is 9.96. The second kappa shape index (κ2) is 9.01. The smallest absolute Gasteiger partial charge is 0.228 e. The third-order valence-corrected chi connectivity index (χ3v) is 5.47. The van der Waals surface area contributed by atoms with E-state index in [1.807, 2.05) is 36.5 Å². The normalized spacial score (nSPS) is 17.1. The van der Waals surface area contributed by atoms with Gasteiger partial charge in [0.1, 0.15) is 0 Å². The molecule has 1 fully saturated rings. The summed E-state index contributed by atoms with van der Waals surface area (Å²) in [6.45, 7) is 4.69. The Morgan fingerprint density at radius 3 is 2.69 bits per heavy atom. The molecule has 4 nitrogen and oxygen atoms in total. The number of carbonyl (C=O) groups excluding carboxylic acids is 1. The van der Waals surface area contributed by atoms with E-state index >= 15 is 0 Å². The lowest BCUT2D eigenvalue weighted by Gasteiger charge is -2.31. The summed E-state index contributed by atoms with van der Waals surface area (Å²) in [5, 5.41) is 3.14. The van der Waals surface area contributed by atoms with Gasteiger partial charge >= 0.3 is 0 Å². The van der Waals surface area contributed by atoms with E-state index in [-0.39, 0.29) is 11.8 Å². The molecule has 1 N–H and O–H groups in total. The first-order valence-corrected chi connectivity index (χ1v) is 10.3. The van der Waals surface area contributed by atoms with Gasteiger partial charge in [0.2, 0.25) is 5.91 Å². The van der Waals surface area contributed by atoms with Crippen molar-refractivity contribution in [2.24, 2.45) is 5.92 Å². The number of rotatable bonds is 5. The second-order valence-corrected chi connectivity index (χ2v) is 7.83. The maximum Gasteiger partial charge on any atom is 0.228 e. The molecular weight excluding hydrogens is 358 g/mol. The van der Waals surface area contributed by atoms with Crippen molar-refractivity contribution in [2.45, 2.75) is 26.3 Å². The third-order valence-electron chi connectivity index (χ3n) is 5.47. The van der Waals surface area contributed by atoms with Gasteiger partial charge in [-0.15, -0.1) is 0 Å². The fourth-order valence-electron chi connectivity index (χ4n) is 3.98. The predicted molar refractivity (Wildman–Crippen MR) is 117 cm³/mol. The van der Waals surface area contributed by atoms with Crippen LogP contribution in [-0.2, 0) is 11.3 Å². The van der Waals surface area contributed by atoms with Crippen LogP contribution in [0.2, 0.25) is 0 Å². The fraction of sp³-hybridized carbons (Fsp3) is 0.280. The van der Waals surface area contributed by atoms with E-state index in [9.17, 15) is 4.79 Å². The van der Waals surface area contributed by atoms with E-state index in [0.29, 0.717) is 0 Å². The number of hydrogen-bond donors (Lipinski definition) is 1. The zero-order valence-electron chi connectivity index (χ0n) is 16.8. The van der Waals surface area contributed by atoms with Crippen LogP contribution in [0.25, 0.3) is 11.1 Å². The molecule has 0 radical (unpaired) electrons. The lowest BCUT2D eigenvalue weighted by molar-refractivity contribution is -0.121. The summed E-state index contributed by atoms with van der Waals surface area (Å²) in [5.41, 5.74) is 5.43. The Labute approximate surface area is 172 Å². The maximum atomic E-state index is 12.9. The highest BCUT2D eigenvalue weighted by molar-refractivity contribution is 5.93. The van der Waals surface area contributed by atoms with Crippen LogP contribution in [-0.4, -0.2) is 28.9 Å². The minimum atomic E-state index is 0.00934. The average Bonchev–Trinajstić information content (AvgIpc) is 2.75. The van der Waals surface area contributed by atoms with Gasteiger partial charge in [-0.05, 0) is 61.7 Å². The number of benzene rings is 2. The minimum Gasteiger partial charge on any atom is -0.326 e. The molecule has 148 valence electrons. The van der Waals surface area contributed by atoms with Gasteiger partial charge in [-0.25, -0.2) is 0 Å². The van der Waals surface area contributed by atoms with E-state index in [0.717, 1.165) is 49.4 Å². The van der Waals surface area contributed by atoms with E-state index in [1.165, 1.54) is 11.1 Å². The average molecular weight is 386 g/mol. The van der Waals surface area contributed by atoms with Crippen molar-refractivity contribution in [1.29, 1.82) is 0 Å². The number of amides is 1. The Kier molecular flexibility index (Phi) is 6.01. The van der Waals surface area contributed by atoms with E-state index in [2.05, 4.69) is 58.5 Å². The van der Waals surface area contributed by atoms with Crippen LogP contribution >= 0.6 is 0 Å². The Morgan fingerprint density at radius 2 is 1.90 bits per heavy atom. The van der Waals surface area contributed by atoms with E-state index < -0.39 is 0 Å². The zero-order valence-corrected chi connectivity index (χ0v) is 16.8. The molecular formula is C25H27N3O. The molecule has 0 saturated carbocycles. The van der Waals surface area contributed by atoms with Crippen LogP contribution in [0.4, 0.5) is 5.69 Å². The molecule has 2 heterocycles. The molecule has 2 aromatic carbocycles. The van der Waals surface area contributed by atoms with E-state index in [1.54, 1.807) is 0 Å². The second-order valence-electron chi connectivity index (χ2n) is 7.83. The van der Waals surface area contributed by atoms with Crippen LogP contribution in [0, 0.1) is 12.8 Å². The monoisotopic (exact) mass is 385 g/mol. The van der Waals surface area contributed by atoms with Crippen molar-refractivity contribution in [3.63, 3.8) is 0 Å². The first-order chi connectivity index (χ1) is 14.2. The number of hydrogen-bond acceptors (Lipinski definition) is 3. The summed E-state index contributed by atoms with van der Waals surface area (Å²) in [7, 11) is 0. The molecule has 4 rings (SSSR count). The summed E-state index contributed by atoms with van der Waals surface area (Å²) in [5.74, 6) is 0.118. The van der Waals surface area contributed by atoms with Crippen molar-refractivity contribution >= 4 is 11.6 Å². The topological polar surface area (TPSA) is 45.2 Å². The van der Waals surface area contributed by atoms with Gasteiger partial charge in [0.15, 0.2) is 0 Å². The lowest BCUT2D eigenvalue weighted by Crippen LogP contribution is -2.40. The molecule has 0 aliphatic carbocycles.